The topological polar surface area (TPSA) is 128 Å². The van der Waals surface area contributed by atoms with Crippen molar-refractivity contribution in [2.45, 2.75) is 70.7 Å². The number of hydrogen-bond donors (Lipinski definition) is 4. The number of anilines is 1. The van der Waals surface area contributed by atoms with Gasteiger partial charge in [-0.25, -0.2) is 4.79 Å². The summed E-state index contributed by atoms with van der Waals surface area (Å²) >= 11 is 6.35. The number of nitrogens with zero attached hydrogens (tertiary/aromatic N) is 1. The molecule has 9 nitrogen and oxygen atoms in total. The molecule has 1 aliphatic carbocycles. The Morgan fingerprint density at radius 3 is 2.30 bits per heavy atom. The minimum absolute atomic E-state index is 0.00574. The minimum atomic E-state index is -1.33. The Bertz CT molecular complexity index is 1110. The first-order valence-corrected chi connectivity index (χ1v) is 12.6. The number of halogens is 1. The van der Waals surface area contributed by atoms with Gasteiger partial charge in [0, 0.05) is 6.04 Å². The first kappa shape index (κ1) is 28.3. The van der Waals surface area contributed by atoms with Gasteiger partial charge in [-0.1, -0.05) is 35.9 Å². The van der Waals surface area contributed by atoms with Gasteiger partial charge in [-0.2, -0.15) is 0 Å². The lowest BCUT2D eigenvalue weighted by molar-refractivity contribution is -0.146. The van der Waals surface area contributed by atoms with E-state index in [1.807, 2.05) is 0 Å². The van der Waals surface area contributed by atoms with E-state index >= 15 is 0 Å². The number of alkyl carbamates (subject to hydrolysis) is 1. The van der Waals surface area contributed by atoms with Gasteiger partial charge < -0.3 is 30.5 Å². The summed E-state index contributed by atoms with van der Waals surface area (Å²) in [6.07, 6.45) is 1.32. The number of carbonyl (C=O) groups is 3. The van der Waals surface area contributed by atoms with E-state index in [9.17, 15) is 24.6 Å². The zero-order valence-corrected chi connectivity index (χ0v) is 22.2. The molecule has 1 fully saturated rings. The zero-order valence-electron chi connectivity index (χ0n) is 21.5. The molecule has 0 aliphatic heterocycles. The molecule has 1 saturated carbocycles. The number of ether oxygens (including phenoxy) is 1. The highest BCUT2D eigenvalue weighted by Crippen LogP contribution is 2.35. The van der Waals surface area contributed by atoms with E-state index in [1.54, 1.807) is 58.0 Å². The first-order valence-electron chi connectivity index (χ1n) is 12.2. The van der Waals surface area contributed by atoms with Gasteiger partial charge >= 0.3 is 6.09 Å². The molecule has 2 aromatic carbocycles. The van der Waals surface area contributed by atoms with Gasteiger partial charge in [0.1, 0.15) is 23.4 Å². The minimum Gasteiger partial charge on any atom is -0.508 e. The highest BCUT2D eigenvalue weighted by Gasteiger charge is 2.42. The summed E-state index contributed by atoms with van der Waals surface area (Å²) in [5.41, 5.74) is 0.813. The van der Waals surface area contributed by atoms with Crippen LogP contribution < -0.4 is 10.6 Å². The molecule has 0 saturated heterocycles. The van der Waals surface area contributed by atoms with Gasteiger partial charge in [0.05, 0.1) is 17.3 Å². The predicted octanol–water partition coefficient (Wildman–Crippen LogP) is 4.30. The number of aryl methyl sites for hydroxylation is 1. The molecular weight excluding hydrogens is 498 g/mol. The number of aromatic hydroxyl groups is 1. The van der Waals surface area contributed by atoms with Crippen LogP contribution in [0.2, 0.25) is 5.02 Å². The second-order valence-corrected chi connectivity index (χ2v) is 10.5. The van der Waals surface area contributed by atoms with Crippen LogP contribution in [0.1, 0.15) is 57.2 Å². The van der Waals surface area contributed by atoms with Crippen molar-refractivity contribution >= 4 is 35.2 Å². The summed E-state index contributed by atoms with van der Waals surface area (Å²) in [5, 5.41) is 25.5. The van der Waals surface area contributed by atoms with Gasteiger partial charge in [-0.05, 0) is 76.3 Å². The lowest BCUT2D eigenvalue weighted by atomic mass is 9.88. The van der Waals surface area contributed by atoms with Crippen LogP contribution in [0.3, 0.4) is 0 Å². The van der Waals surface area contributed by atoms with Crippen molar-refractivity contribution < 1.29 is 29.3 Å². The summed E-state index contributed by atoms with van der Waals surface area (Å²) in [4.78, 5) is 41.4. The van der Waals surface area contributed by atoms with Crippen LogP contribution in [0.4, 0.5) is 10.5 Å². The lowest BCUT2D eigenvalue weighted by Crippen LogP contribution is -2.58. The van der Waals surface area contributed by atoms with Gasteiger partial charge in [0.15, 0.2) is 0 Å². The Kier molecular flexibility index (Phi) is 9.04. The number of aliphatic hydroxyl groups is 1. The molecule has 2 atom stereocenters. The van der Waals surface area contributed by atoms with Crippen molar-refractivity contribution in [2.75, 3.05) is 11.9 Å². The van der Waals surface area contributed by atoms with Gasteiger partial charge in [-0.15, -0.1) is 0 Å². The smallest absolute Gasteiger partial charge is 0.408 e. The molecule has 4 N–H and O–H groups in total. The summed E-state index contributed by atoms with van der Waals surface area (Å²) in [6.45, 7) is 6.17. The molecule has 0 heterocycles. The van der Waals surface area contributed by atoms with E-state index in [-0.39, 0.29) is 11.8 Å². The molecule has 200 valence electrons. The van der Waals surface area contributed by atoms with E-state index in [0.29, 0.717) is 29.1 Å². The molecular formula is C27H34ClN3O6. The van der Waals surface area contributed by atoms with Crippen LogP contribution >= 0.6 is 11.6 Å². The Morgan fingerprint density at radius 1 is 1.14 bits per heavy atom. The molecule has 10 heteroatoms. The number of nitrogens with one attached hydrogen (secondary N) is 2. The summed E-state index contributed by atoms with van der Waals surface area (Å²) < 4.78 is 5.26. The zero-order chi connectivity index (χ0) is 27.3. The third-order valence-corrected chi connectivity index (χ3v) is 6.41. The molecule has 2 aromatic rings. The number of amides is 3. The second kappa shape index (κ2) is 11.8. The van der Waals surface area contributed by atoms with Gasteiger partial charge in [0.2, 0.25) is 5.91 Å². The molecule has 1 aliphatic rings. The molecule has 0 radical (unpaired) electrons. The van der Waals surface area contributed by atoms with E-state index in [0.717, 1.165) is 12.0 Å². The highest BCUT2D eigenvalue weighted by atomic mass is 35.5. The monoisotopic (exact) mass is 531 g/mol. The number of benzene rings is 2. The van der Waals surface area contributed by atoms with E-state index in [1.165, 1.54) is 17.0 Å². The van der Waals surface area contributed by atoms with Crippen LogP contribution in [0.5, 0.6) is 5.75 Å². The van der Waals surface area contributed by atoms with Gasteiger partial charge in [-0.3, -0.25) is 9.59 Å². The Morgan fingerprint density at radius 2 is 1.78 bits per heavy atom. The van der Waals surface area contributed by atoms with Crippen LogP contribution in [0.15, 0.2) is 42.5 Å². The van der Waals surface area contributed by atoms with Crippen LogP contribution in [-0.4, -0.2) is 57.3 Å². The van der Waals surface area contributed by atoms with E-state index < -0.39 is 42.2 Å². The Labute approximate surface area is 221 Å². The normalized spacial score (nSPS) is 15.2. The third-order valence-electron chi connectivity index (χ3n) is 6.10. The maximum Gasteiger partial charge on any atom is 0.408 e. The third kappa shape index (κ3) is 7.14. The van der Waals surface area contributed by atoms with Crippen LogP contribution in [-0.2, 0) is 14.3 Å². The van der Waals surface area contributed by atoms with Crippen molar-refractivity contribution in [3.8, 4) is 5.75 Å². The number of rotatable bonds is 8. The van der Waals surface area contributed by atoms with Crippen LogP contribution in [0, 0.1) is 6.92 Å². The van der Waals surface area contributed by atoms with E-state index in [4.69, 9.17) is 16.3 Å². The molecule has 2 unspecified atom stereocenters. The summed E-state index contributed by atoms with van der Waals surface area (Å²) in [7, 11) is 0. The largest absolute Gasteiger partial charge is 0.508 e. The number of para-hydroxylation sites is 1. The SMILES string of the molecule is Cc1cccc(Cl)c1NC(=O)C(c1ccc(O)cc1)N(C(=O)C(CO)NC(=O)OC(C)(C)C)C1CCC1. The number of carbonyl (C=O) groups excluding carboxylic acids is 3. The standard InChI is InChI=1S/C27H34ClN3O6/c1-16-7-5-10-20(28)22(16)30-24(34)23(17-11-13-19(33)14-12-17)31(18-8-6-9-18)25(35)21(15-32)29-26(36)37-27(2,3)4/h5,7,10-14,18,21,23,32-33H,6,8-9,15H2,1-4H3,(H,29,36)(H,30,34). The van der Waals surface area contributed by atoms with Crippen LogP contribution in [0.25, 0.3) is 0 Å². The van der Waals surface area contributed by atoms with Crippen molar-refractivity contribution in [3.63, 3.8) is 0 Å². The number of phenols is 1. The molecule has 0 aromatic heterocycles. The molecule has 37 heavy (non-hydrogen) atoms. The summed E-state index contributed by atoms with van der Waals surface area (Å²) in [5.74, 6) is -1.13. The number of aliphatic hydroxyl groups excluding tert-OH is 1. The maximum atomic E-state index is 13.8. The van der Waals surface area contributed by atoms with Crippen molar-refractivity contribution in [1.29, 1.82) is 0 Å². The Balaban J connectivity index is 2.00. The quantitative estimate of drug-likeness (QED) is 0.402. The molecule has 3 rings (SSSR count). The molecule has 0 spiro atoms. The first-order chi connectivity index (χ1) is 17.4. The predicted molar refractivity (Wildman–Crippen MR) is 140 cm³/mol. The van der Waals surface area contributed by atoms with Gasteiger partial charge in [0.25, 0.3) is 5.91 Å². The lowest BCUT2D eigenvalue weighted by Gasteiger charge is -2.43. The molecule has 0 bridgehead atoms. The Hall–Kier alpha value is -3.30. The average Bonchev–Trinajstić information content (AvgIpc) is 2.78. The second-order valence-electron chi connectivity index (χ2n) is 10.1. The van der Waals surface area contributed by atoms with Crippen molar-refractivity contribution in [1.82, 2.24) is 10.2 Å². The molecule has 3 amide bonds. The average molecular weight is 532 g/mol. The van der Waals surface area contributed by atoms with Crippen molar-refractivity contribution in [2.24, 2.45) is 0 Å². The maximum absolute atomic E-state index is 13.8. The fraction of sp³-hybridized carbons (Fsp3) is 0.444. The van der Waals surface area contributed by atoms with Crippen molar-refractivity contribution in [3.05, 3.63) is 58.6 Å². The summed E-state index contributed by atoms with van der Waals surface area (Å²) in [6, 6.07) is 8.47. The number of phenolic OH excluding ortho intramolecular Hbond substituents is 1. The fourth-order valence-corrected chi connectivity index (χ4v) is 4.34. The number of hydrogen-bond acceptors (Lipinski definition) is 6. The van der Waals surface area contributed by atoms with E-state index in [2.05, 4.69) is 10.6 Å². The fourth-order valence-electron chi connectivity index (χ4n) is 4.07. The highest BCUT2D eigenvalue weighted by molar-refractivity contribution is 6.34.